The molecule has 2 aliphatic rings. The van der Waals surface area contributed by atoms with Crippen molar-refractivity contribution >= 4 is 21.9 Å². The maximum absolute atomic E-state index is 14.7. The third kappa shape index (κ3) is 5.72. The SMILES string of the molecule is CS(=O)(=O)NCCNC(=O)c1cnc(NCC2(c3ncccc3F)CC3=CC(CC3)C2)nc1. The minimum Gasteiger partial charge on any atom is -0.353 e. The first kappa shape index (κ1) is 23.2. The summed E-state index contributed by atoms with van der Waals surface area (Å²) in [5, 5.41) is 5.82. The minimum absolute atomic E-state index is 0.0919. The van der Waals surface area contributed by atoms with Crippen LogP contribution in [-0.2, 0) is 15.4 Å². The molecule has 0 fully saturated rings. The van der Waals surface area contributed by atoms with Gasteiger partial charge in [0.25, 0.3) is 5.91 Å². The number of amides is 1. The number of sulfonamides is 1. The molecule has 0 aromatic carbocycles. The molecule has 3 N–H and O–H groups in total. The van der Waals surface area contributed by atoms with Crippen LogP contribution in [0, 0.1) is 11.7 Å². The van der Waals surface area contributed by atoms with Gasteiger partial charge in [0, 0.05) is 43.6 Å². The molecule has 2 aromatic rings. The summed E-state index contributed by atoms with van der Waals surface area (Å²) in [7, 11) is -3.30. The Bertz CT molecular complexity index is 1150. The lowest BCUT2D eigenvalue weighted by Gasteiger charge is -2.37. The molecule has 0 radical (unpaired) electrons. The molecular formula is C22H27FN6O3S. The Morgan fingerprint density at radius 1 is 1.24 bits per heavy atom. The fourth-order valence-corrected chi connectivity index (χ4v) is 5.13. The molecule has 176 valence electrons. The fraction of sp³-hybridized carbons (Fsp3) is 0.455. The summed E-state index contributed by atoms with van der Waals surface area (Å²) in [6.07, 6.45) is 11.5. The van der Waals surface area contributed by atoms with Crippen molar-refractivity contribution in [1.82, 2.24) is 25.0 Å². The smallest absolute Gasteiger partial charge is 0.254 e. The van der Waals surface area contributed by atoms with Gasteiger partial charge in [0.2, 0.25) is 16.0 Å². The average Bonchev–Trinajstić information content (AvgIpc) is 3.13. The van der Waals surface area contributed by atoms with Gasteiger partial charge in [0.05, 0.1) is 17.5 Å². The van der Waals surface area contributed by atoms with Crippen LogP contribution in [0.4, 0.5) is 10.3 Å². The average molecular weight is 475 g/mol. The number of carbonyl (C=O) groups is 1. The van der Waals surface area contributed by atoms with Gasteiger partial charge in [-0.05, 0) is 43.7 Å². The molecule has 2 aliphatic carbocycles. The van der Waals surface area contributed by atoms with Crippen LogP contribution >= 0.6 is 0 Å². The van der Waals surface area contributed by atoms with E-state index >= 15 is 0 Å². The fourth-order valence-electron chi connectivity index (χ4n) is 4.66. The van der Waals surface area contributed by atoms with Gasteiger partial charge in [0.15, 0.2) is 0 Å². The van der Waals surface area contributed by atoms with Crippen molar-refractivity contribution in [2.75, 3.05) is 31.2 Å². The third-order valence-electron chi connectivity index (χ3n) is 6.06. The molecule has 0 aliphatic heterocycles. The number of pyridine rings is 1. The summed E-state index contributed by atoms with van der Waals surface area (Å²) in [4.78, 5) is 25.0. The van der Waals surface area contributed by atoms with Gasteiger partial charge in [-0.2, -0.15) is 0 Å². The predicted octanol–water partition coefficient (Wildman–Crippen LogP) is 1.77. The Balaban J connectivity index is 1.40. The van der Waals surface area contributed by atoms with Crippen LogP contribution in [0.15, 0.2) is 42.4 Å². The maximum Gasteiger partial charge on any atom is 0.254 e. The van der Waals surface area contributed by atoms with Crippen LogP contribution in [0.5, 0.6) is 0 Å². The van der Waals surface area contributed by atoms with Crippen molar-refractivity contribution in [2.45, 2.75) is 31.1 Å². The molecule has 2 bridgehead atoms. The van der Waals surface area contributed by atoms with Crippen LogP contribution in [-0.4, -0.2) is 55.2 Å². The number of nitrogens with zero attached hydrogens (tertiary/aromatic N) is 3. The van der Waals surface area contributed by atoms with Crippen molar-refractivity contribution in [3.8, 4) is 0 Å². The minimum atomic E-state index is -3.30. The normalized spacial score (nSPS) is 22.0. The van der Waals surface area contributed by atoms with E-state index < -0.39 is 21.3 Å². The summed E-state index contributed by atoms with van der Waals surface area (Å²) in [6, 6.07) is 3.05. The number of aromatic nitrogens is 3. The molecule has 2 unspecified atom stereocenters. The summed E-state index contributed by atoms with van der Waals surface area (Å²) in [5.41, 5.74) is 1.58. The van der Waals surface area contributed by atoms with Gasteiger partial charge >= 0.3 is 0 Å². The number of hydrogen-bond donors (Lipinski definition) is 3. The van der Waals surface area contributed by atoms with E-state index in [0.29, 0.717) is 24.1 Å². The van der Waals surface area contributed by atoms with Crippen molar-refractivity contribution in [3.63, 3.8) is 0 Å². The second kappa shape index (κ2) is 9.52. The highest BCUT2D eigenvalue weighted by Crippen LogP contribution is 2.48. The van der Waals surface area contributed by atoms with Gasteiger partial charge in [-0.15, -0.1) is 0 Å². The Hall–Kier alpha value is -2.92. The summed E-state index contributed by atoms with van der Waals surface area (Å²) in [6.45, 7) is 0.660. The van der Waals surface area contributed by atoms with Gasteiger partial charge < -0.3 is 10.6 Å². The molecular weight excluding hydrogens is 447 g/mol. The number of allylic oxidation sites excluding steroid dienone is 2. The first-order chi connectivity index (χ1) is 15.7. The second-order valence-electron chi connectivity index (χ2n) is 8.69. The van der Waals surface area contributed by atoms with Crippen LogP contribution in [0.1, 0.15) is 41.7 Å². The number of anilines is 1. The van der Waals surface area contributed by atoms with E-state index in [1.807, 2.05) is 0 Å². The Morgan fingerprint density at radius 2 is 2.03 bits per heavy atom. The van der Waals surface area contributed by atoms with Crippen molar-refractivity contribution in [3.05, 3.63) is 59.4 Å². The highest BCUT2D eigenvalue weighted by molar-refractivity contribution is 7.88. The van der Waals surface area contributed by atoms with E-state index in [9.17, 15) is 17.6 Å². The molecule has 0 saturated carbocycles. The Kier molecular flexibility index (Phi) is 6.71. The van der Waals surface area contributed by atoms with Crippen molar-refractivity contribution in [1.29, 1.82) is 0 Å². The zero-order valence-corrected chi connectivity index (χ0v) is 19.2. The predicted molar refractivity (Wildman–Crippen MR) is 122 cm³/mol. The lowest BCUT2D eigenvalue weighted by molar-refractivity contribution is 0.0953. The quantitative estimate of drug-likeness (QED) is 0.373. The van der Waals surface area contributed by atoms with Crippen LogP contribution in [0.3, 0.4) is 0 Å². The zero-order valence-electron chi connectivity index (χ0n) is 18.3. The van der Waals surface area contributed by atoms with Crippen molar-refractivity contribution < 1.29 is 17.6 Å². The lowest BCUT2D eigenvalue weighted by Crippen LogP contribution is -2.39. The Labute approximate surface area is 192 Å². The summed E-state index contributed by atoms with van der Waals surface area (Å²) < 4.78 is 39.1. The first-order valence-corrected chi connectivity index (χ1v) is 12.7. The molecule has 0 spiro atoms. The van der Waals surface area contributed by atoms with Crippen LogP contribution in [0.25, 0.3) is 0 Å². The number of halogens is 1. The van der Waals surface area contributed by atoms with Crippen molar-refractivity contribution in [2.24, 2.45) is 5.92 Å². The summed E-state index contributed by atoms with van der Waals surface area (Å²) >= 11 is 0. The second-order valence-corrected chi connectivity index (χ2v) is 10.5. The standard InChI is InChI=1S/C22H27FN6O3S/c1-33(31,32)29-8-7-25-20(30)17-12-26-21(27-13-17)28-14-22(19-18(23)3-2-6-24-19)10-15-4-5-16(9-15)11-22/h2-3,6,9,12-13,15,29H,4-5,7-8,10-11,14H2,1H3,(H,25,30)(H,26,27,28). The highest BCUT2D eigenvalue weighted by atomic mass is 32.2. The van der Waals surface area contributed by atoms with E-state index in [0.717, 1.165) is 31.9 Å². The number of hydrogen-bond acceptors (Lipinski definition) is 7. The van der Waals surface area contributed by atoms with Gasteiger partial charge in [-0.3, -0.25) is 9.78 Å². The topological polar surface area (TPSA) is 126 Å². The largest absolute Gasteiger partial charge is 0.353 e. The van der Waals surface area contributed by atoms with E-state index in [-0.39, 0.29) is 24.5 Å². The van der Waals surface area contributed by atoms with E-state index in [1.165, 1.54) is 24.0 Å². The first-order valence-electron chi connectivity index (χ1n) is 10.8. The molecule has 2 heterocycles. The molecule has 33 heavy (non-hydrogen) atoms. The molecule has 2 atom stereocenters. The van der Waals surface area contributed by atoms with E-state index in [1.54, 1.807) is 12.3 Å². The molecule has 0 saturated heterocycles. The highest BCUT2D eigenvalue weighted by Gasteiger charge is 2.43. The monoisotopic (exact) mass is 474 g/mol. The lowest BCUT2D eigenvalue weighted by atomic mass is 9.70. The molecule has 1 amide bonds. The Morgan fingerprint density at radius 3 is 2.73 bits per heavy atom. The van der Waals surface area contributed by atoms with Gasteiger partial charge in [0.1, 0.15) is 5.82 Å². The molecule has 4 rings (SSSR count). The van der Waals surface area contributed by atoms with Crippen LogP contribution < -0.4 is 15.4 Å². The van der Waals surface area contributed by atoms with E-state index in [4.69, 9.17) is 0 Å². The number of carbonyl (C=O) groups excluding carboxylic acids is 1. The van der Waals surface area contributed by atoms with Crippen LogP contribution in [0.2, 0.25) is 0 Å². The van der Waals surface area contributed by atoms with Gasteiger partial charge in [-0.1, -0.05) is 11.6 Å². The zero-order chi connectivity index (χ0) is 23.5. The number of nitrogens with one attached hydrogen (secondary N) is 3. The number of rotatable bonds is 9. The van der Waals surface area contributed by atoms with E-state index in [2.05, 4.69) is 36.4 Å². The maximum atomic E-state index is 14.7. The third-order valence-corrected chi connectivity index (χ3v) is 6.79. The molecule has 2 aromatic heterocycles. The molecule has 11 heteroatoms. The number of fused-ring (bicyclic) bond motifs is 1. The molecule has 9 nitrogen and oxygen atoms in total. The van der Waals surface area contributed by atoms with Gasteiger partial charge in [-0.25, -0.2) is 27.5 Å². The summed E-state index contributed by atoms with van der Waals surface area (Å²) in [5.74, 6) is 0.0493.